The van der Waals surface area contributed by atoms with Crippen molar-refractivity contribution in [1.82, 2.24) is 4.98 Å². The Morgan fingerprint density at radius 1 is 1.38 bits per heavy atom. The van der Waals surface area contributed by atoms with E-state index in [4.69, 9.17) is 16.3 Å². The number of ether oxygens (including phenoxy) is 1. The molecular weight excluding hydrogens is 308 g/mol. The summed E-state index contributed by atoms with van der Waals surface area (Å²) >= 11 is 7.31. The molecule has 0 saturated heterocycles. The summed E-state index contributed by atoms with van der Waals surface area (Å²) in [5.74, 6) is 0.375. The monoisotopic (exact) mass is 324 g/mol. The van der Waals surface area contributed by atoms with Crippen LogP contribution in [0, 0.1) is 0 Å². The second-order valence-corrected chi connectivity index (χ2v) is 5.48. The van der Waals surface area contributed by atoms with Crippen LogP contribution in [0.5, 0.6) is 0 Å². The zero-order valence-electron chi connectivity index (χ0n) is 11.8. The SMILES string of the molecule is CCOCCC(=O)Nc1ccc(-c2nc(CCl)cs2)cc1. The molecule has 4 nitrogen and oxygen atoms in total. The number of anilines is 1. The number of alkyl halides is 1. The minimum absolute atomic E-state index is 0.0464. The molecule has 0 aliphatic rings. The lowest BCUT2D eigenvalue weighted by molar-refractivity contribution is -0.117. The molecule has 1 N–H and O–H groups in total. The van der Waals surface area contributed by atoms with Gasteiger partial charge in [-0.1, -0.05) is 0 Å². The van der Waals surface area contributed by atoms with Gasteiger partial charge in [-0.25, -0.2) is 4.98 Å². The van der Waals surface area contributed by atoms with Crippen molar-refractivity contribution in [2.24, 2.45) is 0 Å². The number of carbonyl (C=O) groups is 1. The maximum absolute atomic E-state index is 11.7. The van der Waals surface area contributed by atoms with Crippen molar-refractivity contribution in [3.63, 3.8) is 0 Å². The van der Waals surface area contributed by atoms with E-state index in [1.165, 1.54) is 0 Å². The fraction of sp³-hybridized carbons (Fsp3) is 0.333. The van der Waals surface area contributed by atoms with Crippen molar-refractivity contribution >= 4 is 34.5 Å². The second kappa shape index (κ2) is 8.12. The van der Waals surface area contributed by atoms with Gasteiger partial charge in [0.2, 0.25) is 5.91 Å². The molecule has 0 saturated carbocycles. The minimum Gasteiger partial charge on any atom is -0.381 e. The smallest absolute Gasteiger partial charge is 0.226 e. The number of nitrogens with one attached hydrogen (secondary N) is 1. The largest absolute Gasteiger partial charge is 0.381 e. The van der Waals surface area contributed by atoms with Crippen LogP contribution in [0.1, 0.15) is 19.0 Å². The molecule has 2 rings (SSSR count). The summed E-state index contributed by atoms with van der Waals surface area (Å²) in [6.07, 6.45) is 0.362. The third kappa shape index (κ3) is 4.81. The van der Waals surface area contributed by atoms with E-state index < -0.39 is 0 Å². The van der Waals surface area contributed by atoms with Crippen LogP contribution < -0.4 is 5.32 Å². The standard InChI is InChI=1S/C15H17ClN2O2S/c1-2-20-8-7-14(19)17-12-5-3-11(4-6-12)15-18-13(9-16)10-21-15/h3-6,10H,2,7-9H2,1H3,(H,17,19). The summed E-state index contributed by atoms with van der Waals surface area (Å²) in [7, 11) is 0. The molecular formula is C15H17ClN2O2S. The lowest BCUT2D eigenvalue weighted by Crippen LogP contribution is -2.14. The molecule has 0 atom stereocenters. The average molecular weight is 325 g/mol. The van der Waals surface area contributed by atoms with Gasteiger partial charge >= 0.3 is 0 Å². The Balaban J connectivity index is 1.94. The van der Waals surface area contributed by atoms with E-state index in [0.717, 1.165) is 22.0 Å². The third-order valence-electron chi connectivity index (χ3n) is 2.78. The number of carbonyl (C=O) groups excluding carboxylic acids is 1. The molecule has 1 aromatic carbocycles. The third-order valence-corrected chi connectivity index (χ3v) is 4.00. The van der Waals surface area contributed by atoms with Gasteiger partial charge in [-0.3, -0.25) is 4.79 Å². The van der Waals surface area contributed by atoms with Gasteiger partial charge in [-0.05, 0) is 31.2 Å². The quantitative estimate of drug-likeness (QED) is 0.620. The van der Waals surface area contributed by atoms with Crippen molar-refractivity contribution in [2.45, 2.75) is 19.2 Å². The molecule has 1 aromatic heterocycles. The van der Waals surface area contributed by atoms with Gasteiger partial charge in [0.25, 0.3) is 0 Å². The molecule has 1 amide bonds. The van der Waals surface area contributed by atoms with Crippen LogP contribution in [0.25, 0.3) is 10.6 Å². The highest BCUT2D eigenvalue weighted by atomic mass is 35.5. The predicted octanol–water partition coefficient (Wildman–Crippen LogP) is 3.91. The molecule has 0 radical (unpaired) electrons. The first kappa shape index (κ1) is 15.9. The summed E-state index contributed by atoms with van der Waals surface area (Å²) in [4.78, 5) is 16.1. The molecule has 0 spiro atoms. The number of benzene rings is 1. The van der Waals surface area contributed by atoms with Gasteiger partial charge in [0.05, 0.1) is 24.6 Å². The molecule has 0 aliphatic heterocycles. The van der Waals surface area contributed by atoms with Crippen molar-refractivity contribution in [3.05, 3.63) is 35.3 Å². The van der Waals surface area contributed by atoms with E-state index in [1.807, 2.05) is 36.6 Å². The Morgan fingerprint density at radius 3 is 2.76 bits per heavy atom. The van der Waals surface area contributed by atoms with Gasteiger partial charge in [0.15, 0.2) is 0 Å². The highest BCUT2D eigenvalue weighted by Gasteiger charge is 2.06. The first-order valence-corrected chi connectivity index (χ1v) is 8.12. The number of aromatic nitrogens is 1. The lowest BCUT2D eigenvalue weighted by atomic mass is 10.2. The van der Waals surface area contributed by atoms with Crippen LogP contribution in [0.2, 0.25) is 0 Å². The topological polar surface area (TPSA) is 51.2 Å². The Hall–Kier alpha value is -1.43. The first-order valence-electron chi connectivity index (χ1n) is 6.71. The molecule has 2 aromatic rings. The van der Waals surface area contributed by atoms with E-state index in [2.05, 4.69) is 10.3 Å². The number of hydrogen-bond acceptors (Lipinski definition) is 4. The summed E-state index contributed by atoms with van der Waals surface area (Å²) in [6, 6.07) is 7.62. The zero-order valence-corrected chi connectivity index (χ0v) is 13.3. The molecule has 0 aliphatic carbocycles. The molecule has 112 valence electrons. The zero-order chi connectivity index (χ0) is 15.1. The van der Waals surface area contributed by atoms with Gasteiger partial charge in [-0.2, -0.15) is 0 Å². The Labute approximate surface area is 133 Å². The number of amides is 1. The van der Waals surface area contributed by atoms with Gasteiger partial charge in [0.1, 0.15) is 5.01 Å². The predicted molar refractivity (Wildman–Crippen MR) is 86.8 cm³/mol. The lowest BCUT2D eigenvalue weighted by Gasteiger charge is -2.06. The van der Waals surface area contributed by atoms with Gasteiger partial charge in [-0.15, -0.1) is 22.9 Å². The maximum Gasteiger partial charge on any atom is 0.226 e. The molecule has 0 fully saturated rings. The Bertz CT molecular complexity index is 584. The summed E-state index contributed by atoms with van der Waals surface area (Å²) < 4.78 is 5.15. The van der Waals surface area contributed by atoms with E-state index in [0.29, 0.717) is 25.5 Å². The molecule has 0 unspecified atom stereocenters. The van der Waals surface area contributed by atoms with E-state index in [1.54, 1.807) is 11.3 Å². The second-order valence-electron chi connectivity index (χ2n) is 4.35. The normalized spacial score (nSPS) is 10.6. The Morgan fingerprint density at radius 2 is 2.14 bits per heavy atom. The molecule has 1 heterocycles. The molecule has 0 bridgehead atoms. The van der Waals surface area contributed by atoms with Crippen molar-refractivity contribution in [3.8, 4) is 10.6 Å². The van der Waals surface area contributed by atoms with Crippen LogP contribution in [0.3, 0.4) is 0 Å². The fourth-order valence-corrected chi connectivity index (χ4v) is 2.78. The highest BCUT2D eigenvalue weighted by Crippen LogP contribution is 2.25. The minimum atomic E-state index is -0.0464. The fourth-order valence-electron chi connectivity index (χ4n) is 1.73. The number of rotatable bonds is 7. The van der Waals surface area contributed by atoms with Crippen LogP contribution in [-0.2, 0) is 15.4 Å². The maximum atomic E-state index is 11.7. The molecule has 21 heavy (non-hydrogen) atoms. The average Bonchev–Trinajstić information content (AvgIpc) is 2.97. The number of hydrogen-bond donors (Lipinski definition) is 1. The summed E-state index contributed by atoms with van der Waals surface area (Å²) in [5, 5.41) is 5.72. The van der Waals surface area contributed by atoms with Crippen molar-refractivity contribution in [2.75, 3.05) is 18.5 Å². The summed E-state index contributed by atoms with van der Waals surface area (Å²) in [6.45, 7) is 2.98. The van der Waals surface area contributed by atoms with Crippen LogP contribution in [-0.4, -0.2) is 24.1 Å². The number of halogens is 1. The van der Waals surface area contributed by atoms with Crippen LogP contribution >= 0.6 is 22.9 Å². The van der Waals surface area contributed by atoms with E-state index in [-0.39, 0.29) is 5.91 Å². The number of nitrogens with zero attached hydrogens (tertiary/aromatic N) is 1. The molecule has 6 heteroatoms. The van der Waals surface area contributed by atoms with Crippen molar-refractivity contribution in [1.29, 1.82) is 0 Å². The summed E-state index contributed by atoms with van der Waals surface area (Å²) in [5.41, 5.74) is 2.67. The van der Waals surface area contributed by atoms with Crippen molar-refractivity contribution < 1.29 is 9.53 Å². The van der Waals surface area contributed by atoms with Gasteiger partial charge < -0.3 is 10.1 Å². The van der Waals surface area contributed by atoms with Gasteiger partial charge in [0, 0.05) is 23.2 Å². The van der Waals surface area contributed by atoms with E-state index in [9.17, 15) is 4.79 Å². The van der Waals surface area contributed by atoms with E-state index >= 15 is 0 Å². The Kier molecular flexibility index (Phi) is 6.17. The highest BCUT2D eigenvalue weighted by molar-refractivity contribution is 7.13. The van der Waals surface area contributed by atoms with Crippen LogP contribution in [0.15, 0.2) is 29.6 Å². The number of thiazole rings is 1. The first-order chi connectivity index (χ1) is 10.2. The van der Waals surface area contributed by atoms with Crippen LogP contribution in [0.4, 0.5) is 5.69 Å².